The van der Waals surface area contributed by atoms with Crippen molar-refractivity contribution in [3.63, 3.8) is 0 Å². The van der Waals surface area contributed by atoms with E-state index in [9.17, 15) is 4.79 Å². The minimum Gasteiger partial charge on any atom is -0.325 e. The van der Waals surface area contributed by atoms with Gasteiger partial charge in [-0.25, -0.2) is 9.97 Å². The van der Waals surface area contributed by atoms with Gasteiger partial charge in [-0.1, -0.05) is 30.3 Å². The molecule has 6 heteroatoms. The van der Waals surface area contributed by atoms with Gasteiger partial charge in [0.2, 0.25) is 0 Å². The summed E-state index contributed by atoms with van der Waals surface area (Å²) in [5, 5.41) is 0. The zero-order valence-electron chi connectivity index (χ0n) is 13.6. The van der Waals surface area contributed by atoms with Crippen molar-refractivity contribution in [3.8, 4) is 11.4 Å². The molecule has 6 nitrogen and oxygen atoms in total. The lowest BCUT2D eigenvalue weighted by Gasteiger charge is -2.05. The van der Waals surface area contributed by atoms with Gasteiger partial charge < -0.3 is 9.55 Å². The number of benzene rings is 1. The predicted molar refractivity (Wildman–Crippen MR) is 96.1 cm³/mol. The summed E-state index contributed by atoms with van der Waals surface area (Å²) in [5.41, 5.74) is 2.92. The van der Waals surface area contributed by atoms with Crippen LogP contribution in [0.4, 0.5) is 0 Å². The third-order valence-electron chi connectivity index (χ3n) is 4.14. The first-order valence-electron chi connectivity index (χ1n) is 8.21. The first kappa shape index (κ1) is 15.3. The maximum absolute atomic E-state index is 12.5. The lowest BCUT2D eigenvalue weighted by Crippen LogP contribution is -2.13. The Morgan fingerprint density at radius 3 is 2.64 bits per heavy atom. The largest absolute Gasteiger partial charge is 0.325 e. The van der Waals surface area contributed by atoms with Crippen molar-refractivity contribution >= 4 is 11.2 Å². The standard InChI is InChI=1S/C19H17N5O/c25-19-16-18(22-17(23-19)15-8-10-20-11-9-15)21-13-24(16)12-4-7-14-5-2-1-3-6-14/h1-3,5-6,8-11,13H,4,7,12H2,(H,22,23,25). The number of nitrogens with one attached hydrogen (secondary N) is 1. The Morgan fingerprint density at radius 1 is 1.04 bits per heavy atom. The summed E-state index contributed by atoms with van der Waals surface area (Å²) in [6, 6.07) is 13.9. The van der Waals surface area contributed by atoms with Crippen LogP contribution in [0.2, 0.25) is 0 Å². The van der Waals surface area contributed by atoms with E-state index in [4.69, 9.17) is 0 Å². The average Bonchev–Trinajstić information content (AvgIpc) is 3.07. The molecule has 124 valence electrons. The highest BCUT2D eigenvalue weighted by atomic mass is 16.1. The number of pyridine rings is 1. The first-order chi connectivity index (χ1) is 12.3. The fraction of sp³-hybridized carbons (Fsp3) is 0.158. The molecule has 4 aromatic rings. The normalized spacial score (nSPS) is 11.0. The Hall–Kier alpha value is -3.28. The molecule has 0 spiro atoms. The van der Waals surface area contributed by atoms with E-state index in [1.807, 2.05) is 22.8 Å². The summed E-state index contributed by atoms with van der Waals surface area (Å²) in [7, 11) is 0. The fourth-order valence-electron chi connectivity index (χ4n) is 2.90. The van der Waals surface area contributed by atoms with Crippen molar-refractivity contribution in [1.29, 1.82) is 0 Å². The monoisotopic (exact) mass is 331 g/mol. The van der Waals surface area contributed by atoms with E-state index in [1.54, 1.807) is 30.9 Å². The molecule has 3 aromatic heterocycles. The molecule has 0 saturated carbocycles. The maximum Gasteiger partial charge on any atom is 0.277 e. The lowest BCUT2D eigenvalue weighted by molar-refractivity contribution is 0.655. The molecule has 3 heterocycles. The Labute approximate surface area is 144 Å². The molecule has 0 aliphatic carbocycles. The molecule has 1 aromatic carbocycles. The zero-order chi connectivity index (χ0) is 17.1. The second kappa shape index (κ2) is 6.68. The van der Waals surface area contributed by atoms with E-state index < -0.39 is 0 Å². The molecule has 0 unspecified atom stereocenters. The van der Waals surface area contributed by atoms with Crippen molar-refractivity contribution in [3.05, 3.63) is 77.1 Å². The molecule has 0 fully saturated rings. The Kier molecular flexibility index (Phi) is 4.08. The van der Waals surface area contributed by atoms with Crippen molar-refractivity contribution in [2.75, 3.05) is 0 Å². The molecule has 4 rings (SSSR count). The average molecular weight is 331 g/mol. The van der Waals surface area contributed by atoms with Crippen LogP contribution in [0, 0.1) is 0 Å². The third-order valence-corrected chi connectivity index (χ3v) is 4.14. The number of aryl methyl sites for hydroxylation is 2. The maximum atomic E-state index is 12.5. The molecule has 0 aliphatic rings. The number of nitrogens with zero attached hydrogens (tertiary/aromatic N) is 4. The van der Waals surface area contributed by atoms with Gasteiger partial charge in [-0.05, 0) is 30.5 Å². The minimum absolute atomic E-state index is 0.172. The van der Waals surface area contributed by atoms with Gasteiger partial charge >= 0.3 is 0 Å². The quantitative estimate of drug-likeness (QED) is 0.610. The highest BCUT2D eigenvalue weighted by molar-refractivity contribution is 5.72. The first-order valence-corrected chi connectivity index (χ1v) is 8.21. The molecule has 0 radical (unpaired) electrons. The van der Waals surface area contributed by atoms with Gasteiger partial charge in [0.1, 0.15) is 5.82 Å². The zero-order valence-corrected chi connectivity index (χ0v) is 13.6. The molecular formula is C19H17N5O. The van der Waals surface area contributed by atoms with Gasteiger partial charge in [0.15, 0.2) is 11.2 Å². The van der Waals surface area contributed by atoms with E-state index in [0.717, 1.165) is 24.9 Å². The van der Waals surface area contributed by atoms with Gasteiger partial charge in [-0.15, -0.1) is 0 Å². The number of H-pyrrole nitrogens is 1. The highest BCUT2D eigenvalue weighted by Gasteiger charge is 2.11. The van der Waals surface area contributed by atoms with Crippen LogP contribution >= 0.6 is 0 Å². The van der Waals surface area contributed by atoms with E-state index in [-0.39, 0.29) is 5.56 Å². The van der Waals surface area contributed by atoms with Gasteiger partial charge in [-0.2, -0.15) is 0 Å². The summed E-state index contributed by atoms with van der Waals surface area (Å²) in [6.07, 6.45) is 6.92. The summed E-state index contributed by atoms with van der Waals surface area (Å²) in [6.45, 7) is 0.727. The van der Waals surface area contributed by atoms with Crippen LogP contribution in [-0.2, 0) is 13.0 Å². The predicted octanol–water partition coefficient (Wildman–Crippen LogP) is 2.81. The Balaban J connectivity index is 1.58. The molecular weight excluding hydrogens is 314 g/mol. The number of imidazole rings is 1. The number of fused-ring (bicyclic) bond motifs is 1. The SMILES string of the molecule is O=c1[nH]c(-c2ccncc2)nc2ncn(CCCc3ccccc3)c12. The van der Waals surface area contributed by atoms with Crippen molar-refractivity contribution in [1.82, 2.24) is 24.5 Å². The molecule has 0 bridgehead atoms. The van der Waals surface area contributed by atoms with Gasteiger partial charge in [-0.3, -0.25) is 9.78 Å². The summed E-state index contributed by atoms with van der Waals surface area (Å²) in [4.78, 5) is 28.1. The van der Waals surface area contributed by atoms with E-state index in [2.05, 4.69) is 32.1 Å². The molecule has 25 heavy (non-hydrogen) atoms. The number of aromatic nitrogens is 5. The molecule has 0 amide bonds. The summed E-state index contributed by atoms with van der Waals surface area (Å²) in [5.74, 6) is 0.509. The van der Waals surface area contributed by atoms with Crippen molar-refractivity contribution in [2.24, 2.45) is 0 Å². The number of rotatable bonds is 5. The molecule has 0 aliphatic heterocycles. The molecule has 0 atom stereocenters. The van der Waals surface area contributed by atoms with Gasteiger partial charge in [0, 0.05) is 24.5 Å². The van der Waals surface area contributed by atoms with Gasteiger partial charge in [0.05, 0.1) is 6.33 Å². The van der Waals surface area contributed by atoms with Crippen LogP contribution in [0.5, 0.6) is 0 Å². The second-order valence-corrected chi connectivity index (χ2v) is 5.85. The van der Waals surface area contributed by atoms with Crippen molar-refractivity contribution in [2.45, 2.75) is 19.4 Å². The van der Waals surface area contributed by atoms with Crippen LogP contribution in [0.3, 0.4) is 0 Å². The number of hydrogen-bond acceptors (Lipinski definition) is 4. The second-order valence-electron chi connectivity index (χ2n) is 5.85. The Bertz CT molecular complexity index is 1040. The smallest absolute Gasteiger partial charge is 0.277 e. The highest BCUT2D eigenvalue weighted by Crippen LogP contribution is 2.15. The number of hydrogen-bond donors (Lipinski definition) is 1. The number of aromatic amines is 1. The van der Waals surface area contributed by atoms with Crippen LogP contribution in [-0.4, -0.2) is 24.5 Å². The minimum atomic E-state index is -0.172. The van der Waals surface area contributed by atoms with Crippen LogP contribution in [0.15, 0.2) is 66.0 Å². The molecule has 1 N–H and O–H groups in total. The van der Waals surface area contributed by atoms with Gasteiger partial charge in [0.25, 0.3) is 5.56 Å². The van der Waals surface area contributed by atoms with Crippen molar-refractivity contribution < 1.29 is 0 Å². The Morgan fingerprint density at radius 2 is 1.84 bits per heavy atom. The van der Waals surface area contributed by atoms with Crippen LogP contribution in [0.25, 0.3) is 22.6 Å². The lowest BCUT2D eigenvalue weighted by atomic mass is 10.1. The van der Waals surface area contributed by atoms with E-state index >= 15 is 0 Å². The summed E-state index contributed by atoms with van der Waals surface area (Å²) < 4.78 is 1.88. The summed E-state index contributed by atoms with van der Waals surface area (Å²) >= 11 is 0. The van der Waals surface area contributed by atoms with E-state index in [0.29, 0.717) is 17.0 Å². The van der Waals surface area contributed by atoms with Crippen LogP contribution < -0.4 is 5.56 Å². The van der Waals surface area contributed by atoms with E-state index in [1.165, 1.54) is 5.56 Å². The molecule has 0 saturated heterocycles. The fourth-order valence-corrected chi connectivity index (χ4v) is 2.90. The topological polar surface area (TPSA) is 76.5 Å². The third kappa shape index (κ3) is 3.19. The van der Waals surface area contributed by atoms with Crippen LogP contribution in [0.1, 0.15) is 12.0 Å².